The van der Waals surface area contributed by atoms with Crippen molar-refractivity contribution in [3.63, 3.8) is 0 Å². The van der Waals surface area contributed by atoms with Crippen molar-refractivity contribution in [2.75, 3.05) is 0 Å². The van der Waals surface area contributed by atoms with Gasteiger partial charge >= 0.3 is 0 Å². The van der Waals surface area contributed by atoms with Gasteiger partial charge in [-0.3, -0.25) is 9.78 Å². The van der Waals surface area contributed by atoms with Crippen molar-refractivity contribution in [3.8, 4) is 0 Å². The largest absolute Gasteiger partial charge is 0.288 e. The second-order valence-corrected chi connectivity index (χ2v) is 4.77. The number of fused-ring (bicyclic) bond motifs is 1. The van der Waals surface area contributed by atoms with Gasteiger partial charge in [0.1, 0.15) is 5.82 Å². The molecule has 4 heteroatoms. The third kappa shape index (κ3) is 2.17. The predicted molar refractivity (Wildman–Crippen MR) is 76.6 cm³/mol. The van der Waals surface area contributed by atoms with Crippen LogP contribution in [0, 0.1) is 5.82 Å². The summed E-state index contributed by atoms with van der Waals surface area (Å²) in [5.74, 6) is -1.03. The number of rotatable bonds is 2. The minimum absolute atomic E-state index is 0.00690. The molecule has 0 saturated heterocycles. The molecular formula is C16H9ClFNO. The summed E-state index contributed by atoms with van der Waals surface area (Å²) in [7, 11) is 0. The Morgan fingerprint density at radius 2 is 1.85 bits per heavy atom. The molecule has 0 unspecified atom stereocenters. The molecule has 0 aliphatic heterocycles. The lowest BCUT2D eigenvalue weighted by atomic mass is 10.00. The Hall–Kier alpha value is -2.26. The van der Waals surface area contributed by atoms with Crippen molar-refractivity contribution in [3.05, 3.63) is 76.7 Å². The van der Waals surface area contributed by atoms with Gasteiger partial charge < -0.3 is 0 Å². The van der Waals surface area contributed by atoms with Gasteiger partial charge in [-0.25, -0.2) is 4.39 Å². The highest BCUT2D eigenvalue weighted by Crippen LogP contribution is 2.22. The summed E-state index contributed by atoms with van der Waals surface area (Å²) in [6.07, 6.45) is 1.61. The second kappa shape index (κ2) is 5.02. The fraction of sp³-hybridized carbons (Fsp3) is 0. The average Bonchev–Trinajstić information content (AvgIpc) is 2.46. The quantitative estimate of drug-likeness (QED) is 0.659. The Morgan fingerprint density at radius 1 is 1.05 bits per heavy atom. The normalized spacial score (nSPS) is 10.7. The molecule has 0 atom stereocenters. The topological polar surface area (TPSA) is 30.0 Å². The number of benzene rings is 2. The summed E-state index contributed by atoms with van der Waals surface area (Å²) in [5.41, 5.74) is 0.936. The number of nitrogens with zero attached hydrogens (tertiary/aromatic N) is 1. The lowest BCUT2D eigenvalue weighted by Crippen LogP contribution is -2.05. The van der Waals surface area contributed by atoms with Crippen LogP contribution in [0.15, 0.2) is 54.7 Å². The van der Waals surface area contributed by atoms with E-state index in [2.05, 4.69) is 4.98 Å². The standard InChI is InChI=1S/C16H9ClFNO/c17-11-6-7-12(14(18)9-11)16(20)13-5-1-3-10-4-2-8-19-15(10)13/h1-9H. The molecule has 1 heterocycles. The zero-order valence-corrected chi connectivity index (χ0v) is 11.1. The van der Waals surface area contributed by atoms with E-state index in [4.69, 9.17) is 11.6 Å². The maximum absolute atomic E-state index is 13.9. The lowest BCUT2D eigenvalue weighted by molar-refractivity contribution is 0.103. The van der Waals surface area contributed by atoms with Gasteiger partial charge in [0.25, 0.3) is 0 Å². The number of carbonyl (C=O) groups is 1. The maximum atomic E-state index is 13.9. The van der Waals surface area contributed by atoms with Crippen LogP contribution in [-0.2, 0) is 0 Å². The summed E-state index contributed by atoms with van der Waals surface area (Å²) >= 11 is 5.70. The van der Waals surface area contributed by atoms with E-state index in [0.717, 1.165) is 11.5 Å². The van der Waals surface area contributed by atoms with Crippen LogP contribution in [0.25, 0.3) is 10.9 Å². The molecule has 0 bridgehead atoms. The van der Waals surface area contributed by atoms with E-state index in [1.54, 1.807) is 24.4 Å². The number of ketones is 1. The van der Waals surface area contributed by atoms with Crippen LogP contribution >= 0.6 is 11.6 Å². The van der Waals surface area contributed by atoms with Crippen molar-refractivity contribution >= 4 is 28.3 Å². The smallest absolute Gasteiger partial charge is 0.198 e. The molecular weight excluding hydrogens is 277 g/mol. The second-order valence-electron chi connectivity index (χ2n) is 4.33. The number of carbonyl (C=O) groups excluding carboxylic acids is 1. The third-order valence-corrected chi connectivity index (χ3v) is 3.29. The van der Waals surface area contributed by atoms with Crippen LogP contribution in [0.1, 0.15) is 15.9 Å². The van der Waals surface area contributed by atoms with Crippen LogP contribution in [-0.4, -0.2) is 10.8 Å². The summed E-state index contributed by atoms with van der Waals surface area (Å²) in [4.78, 5) is 16.7. The Bertz CT molecular complexity index is 811. The summed E-state index contributed by atoms with van der Waals surface area (Å²) in [5, 5.41) is 1.10. The third-order valence-electron chi connectivity index (χ3n) is 3.05. The first kappa shape index (κ1) is 12.8. The Labute approximate surface area is 119 Å². The fourth-order valence-electron chi connectivity index (χ4n) is 2.11. The highest BCUT2D eigenvalue weighted by molar-refractivity contribution is 6.30. The van der Waals surface area contributed by atoms with Crippen molar-refractivity contribution in [2.45, 2.75) is 0 Å². The molecule has 2 aromatic carbocycles. The molecule has 0 radical (unpaired) electrons. The van der Waals surface area contributed by atoms with Crippen LogP contribution in [0.5, 0.6) is 0 Å². The minimum Gasteiger partial charge on any atom is -0.288 e. The van der Waals surface area contributed by atoms with Gasteiger partial charge in [-0.1, -0.05) is 29.8 Å². The van der Waals surface area contributed by atoms with E-state index >= 15 is 0 Å². The van der Waals surface area contributed by atoms with Crippen LogP contribution in [0.2, 0.25) is 5.02 Å². The Morgan fingerprint density at radius 3 is 2.65 bits per heavy atom. The molecule has 3 aromatic rings. The minimum atomic E-state index is -0.629. The van der Waals surface area contributed by atoms with Gasteiger partial charge in [0.05, 0.1) is 11.1 Å². The van der Waals surface area contributed by atoms with Gasteiger partial charge in [-0.15, -0.1) is 0 Å². The van der Waals surface area contributed by atoms with Gasteiger partial charge in [0.15, 0.2) is 5.78 Å². The van der Waals surface area contributed by atoms with E-state index in [1.807, 2.05) is 12.1 Å². The maximum Gasteiger partial charge on any atom is 0.198 e. The summed E-state index contributed by atoms with van der Waals surface area (Å²) in [6, 6.07) is 12.9. The molecule has 98 valence electrons. The van der Waals surface area contributed by atoms with Gasteiger partial charge in [-0.05, 0) is 30.3 Å². The molecule has 3 rings (SSSR count). The van der Waals surface area contributed by atoms with Crippen LogP contribution < -0.4 is 0 Å². The zero-order valence-electron chi connectivity index (χ0n) is 10.3. The highest BCUT2D eigenvalue weighted by atomic mass is 35.5. The van der Waals surface area contributed by atoms with E-state index in [-0.39, 0.29) is 10.6 Å². The number of para-hydroxylation sites is 1. The average molecular weight is 286 g/mol. The Kier molecular flexibility index (Phi) is 3.20. The van der Waals surface area contributed by atoms with Gasteiger partial charge in [0.2, 0.25) is 0 Å². The number of halogens is 2. The van der Waals surface area contributed by atoms with Crippen LogP contribution in [0.4, 0.5) is 4.39 Å². The first-order valence-corrected chi connectivity index (χ1v) is 6.38. The molecule has 0 N–H and O–H groups in total. The number of hydrogen-bond acceptors (Lipinski definition) is 2. The van der Waals surface area contributed by atoms with Gasteiger partial charge in [-0.2, -0.15) is 0 Å². The van der Waals surface area contributed by atoms with E-state index in [1.165, 1.54) is 12.1 Å². The van der Waals surface area contributed by atoms with E-state index < -0.39 is 11.6 Å². The van der Waals surface area contributed by atoms with Crippen molar-refractivity contribution < 1.29 is 9.18 Å². The highest BCUT2D eigenvalue weighted by Gasteiger charge is 2.17. The van der Waals surface area contributed by atoms with Crippen LogP contribution in [0.3, 0.4) is 0 Å². The SMILES string of the molecule is O=C(c1ccc(Cl)cc1F)c1cccc2cccnc12. The molecule has 0 saturated carbocycles. The molecule has 0 aliphatic carbocycles. The number of aromatic nitrogens is 1. The zero-order chi connectivity index (χ0) is 14.1. The molecule has 0 spiro atoms. The molecule has 0 amide bonds. The molecule has 1 aromatic heterocycles. The Balaban J connectivity index is 2.18. The summed E-state index contributed by atoms with van der Waals surface area (Å²) in [6.45, 7) is 0. The first-order valence-electron chi connectivity index (χ1n) is 6.00. The molecule has 2 nitrogen and oxygen atoms in total. The van der Waals surface area contributed by atoms with E-state index in [9.17, 15) is 9.18 Å². The van der Waals surface area contributed by atoms with E-state index in [0.29, 0.717) is 11.1 Å². The van der Waals surface area contributed by atoms with Crippen molar-refractivity contribution in [2.24, 2.45) is 0 Å². The number of pyridine rings is 1. The molecule has 0 fully saturated rings. The predicted octanol–water partition coefficient (Wildman–Crippen LogP) is 4.26. The summed E-state index contributed by atoms with van der Waals surface area (Å²) < 4.78 is 13.9. The monoisotopic (exact) mass is 285 g/mol. The van der Waals surface area contributed by atoms with Crippen molar-refractivity contribution in [1.82, 2.24) is 4.98 Å². The fourth-order valence-corrected chi connectivity index (χ4v) is 2.26. The first-order chi connectivity index (χ1) is 9.66. The van der Waals surface area contributed by atoms with Gasteiger partial charge in [0, 0.05) is 22.2 Å². The number of hydrogen-bond donors (Lipinski definition) is 0. The molecule has 20 heavy (non-hydrogen) atoms. The van der Waals surface area contributed by atoms with Crippen molar-refractivity contribution in [1.29, 1.82) is 0 Å². The molecule has 0 aliphatic rings. The lowest BCUT2D eigenvalue weighted by Gasteiger charge is -2.06.